The second-order valence-electron chi connectivity index (χ2n) is 4.02. The lowest BCUT2D eigenvalue weighted by Crippen LogP contribution is -2.36. The molecule has 0 radical (unpaired) electrons. The van der Waals surface area contributed by atoms with Crippen molar-refractivity contribution in [1.82, 2.24) is 4.90 Å². The molecule has 0 aliphatic carbocycles. The zero-order valence-corrected chi connectivity index (χ0v) is 9.37. The molecular weight excluding hydrogens is 166 g/mol. The average molecular weight is 185 g/mol. The highest BCUT2D eigenvalue weighted by molar-refractivity contribution is 8.00. The summed E-state index contributed by atoms with van der Waals surface area (Å²) in [4.78, 5) is 2.89. The molecule has 0 saturated carbocycles. The Bertz CT molecular complexity index is 180. The van der Waals surface area contributed by atoms with Crippen molar-refractivity contribution in [2.75, 3.05) is 18.8 Å². The molecule has 0 bridgehead atoms. The maximum Gasteiger partial charge on any atom is 0.0616 e. The standard InChI is InChI=1S/C10H19NS/c1-9(2)5-6-11-7-8-12-10(11,3)4/h5H,6-8H2,1-4H3. The van der Waals surface area contributed by atoms with Crippen molar-refractivity contribution in [2.24, 2.45) is 0 Å². The van der Waals surface area contributed by atoms with Crippen molar-refractivity contribution in [3.63, 3.8) is 0 Å². The summed E-state index contributed by atoms with van der Waals surface area (Å²) in [5.74, 6) is 1.28. The SMILES string of the molecule is CC(C)=CCN1CCSC1(C)C. The first kappa shape index (κ1) is 10.1. The minimum Gasteiger partial charge on any atom is -0.285 e. The summed E-state index contributed by atoms with van der Waals surface area (Å²) in [6.07, 6.45) is 2.31. The Morgan fingerprint density at radius 2 is 2.17 bits per heavy atom. The van der Waals surface area contributed by atoms with Gasteiger partial charge < -0.3 is 0 Å². The van der Waals surface area contributed by atoms with Crippen LogP contribution in [-0.2, 0) is 0 Å². The van der Waals surface area contributed by atoms with Gasteiger partial charge in [0, 0.05) is 18.8 Å². The van der Waals surface area contributed by atoms with Crippen molar-refractivity contribution in [3.8, 4) is 0 Å². The Labute approximate surface area is 80.2 Å². The summed E-state index contributed by atoms with van der Waals surface area (Å²) in [7, 11) is 0. The largest absolute Gasteiger partial charge is 0.285 e. The van der Waals surface area contributed by atoms with Crippen LogP contribution >= 0.6 is 11.8 Å². The smallest absolute Gasteiger partial charge is 0.0616 e. The maximum atomic E-state index is 2.53. The van der Waals surface area contributed by atoms with Gasteiger partial charge in [-0.15, -0.1) is 11.8 Å². The summed E-state index contributed by atoms with van der Waals surface area (Å²) in [6.45, 7) is 11.3. The number of thioether (sulfide) groups is 1. The molecule has 12 heavy (non-hydrogen) atoms. The van der Waals surface area contributed by atoms with Crippen LogP contribution in [-0.4, -0.2) is 28.6 Å². The third kappa shape index (κ3) is 2.53. The van der Waals surface area contributed by atoms with E-state index in [0.717, 1.165) is 6.54 Å². The Morgan fingerprint density at radius 1 is 1.50 bits per heavy atom. The van der Waals surface area contributed by atoms with Gasteiger partial charge in [-0.1, -0.05) is 11.6 Å². The monoisotopic (exact) mass is 185 g/mol. The van der Waals surface area contributed by atoms with E-state index < -0.39 is 0 Å². The van der Waals surface area contributed by atoms with Crippen molar-refractivity contribution in [1.29, 1.82) is 0 Å². The molecule has 70 valence electrons. The number of nitrogens with zero attached hydrogens (tertiary/aromatic N) is 1. The first-order chi connectivity index (χ1) is 5.52. The van der Waals surface area contributed by atoms with E-state index in [1.165, 1.54) is 17.9 Å². The number of hydrogen-bond donors (Lipinski definition) is 0. The Hall–Kier alpha value is 0.0500. The molecule has 1 saturated heterocycles. The van der Waals surface area contributed by atoms with Gasteiger partial charge in [0.25, 0.3) is 0 Å². The summed E-state index contributed by atoms with van der Waals surface area (Å²) in [5.41, 5.74) is 1.42. The van der Waals surface area contributed by atoms with Crippen LogP contribution in [0.5, 0.6) is 0 Å². The van der Waals surface area contributed by atoms with Crippen molar-refractivity contribution in [2.45, 2.75) is 32.6 Å². The van der Waals surface area contributed by atoms with E-state index in [1.54, 1.807) is 0 Å². The fourth-order valence-electron chi connectivity index (χ4n) is 1.37. The third-order valence-corrected chi connectivity index (χ3v) is 3.65. The minimum atomic E-state index is 0.353. The molecule has 1 aliphatic heterocycles. The van der Waals surface area contributed by atoms with Gasteiger partial charge >= 0.3 is 0 Å². The molecule has 0 unspecified atom stereocenters. The second kappa shape index (κ2) is 3.84. The van der Waals surface area contributed by atoms with Gasteiger partial charge in [-0.2, -0.15) is 0 Å². The van der Waals surface area contributed by atoms with Crippen molar-refractivity contribution in [3.05, 3.63) is 11.6 Å². The molecule has 1 rings (SSSR count). The highest BCUT2D eigenvalue weighted by Gasteiger charge is 2.31. The number of allylic oxidation sites excluding steroid dienone is 1. The molecule has 1 fully saturated rings. The van der Waals surface area contributed by atoms with E-state index in [2.05, 4.69) is 50.4 Å². The summed E-state index contributed by atoms with van der Waals surface area (Å²) in [5, 5.41) is 0. The number of hydrogen-bond acceptors (Lipinski definition) is 2. The molecule has 0 spiro atoms. The van der Waals surface area contributed by atoms with Crippen LogP contribution in [0.1, 0.15) is 27.7 Å². The average Bonchev–Trinajstić information content (AvgIpc) is 2.25. The molecule has 0 atom stereocenters. The first-order valence-electron chi connectivity index (χ1n) is 4.55. The van der Waals surface area contributed by atoms with Gasteiger partial charge in [0.15, 0.2) is 0 Å². The topological polar surface area (TPSA) is 3.24 Å². The first-order valence-corrected chi connectivity index (χ1v) is 5.53. The summed E-state index contributed by atoms with van der Waals surface area (Å²) >= 11 is 2.06. The molecular formula is C10H19NS. The predicted molar refractivity (Wildman–Crippen MR) is 57.5 cm³/mol. The molecule has 0 aromatic carbocycles. The van der Waals surface area contributed by atoms with Crippen LogP contribution in [0.2, 0.25) is 0 Å². The van der Waals surface area contributed by atoms with Crippen LogP contribution < -0.4 is 0 Å². The van der Waals surface area contributed by atoms with Crippen LogP contribution in [0.25, 0.3) is 0 Å². The predicted octanol–water partition coefficient (Wildman–Crippen LogP) is 2.74. The molecule has 0 N–H and O–H groups in total. The summed E-state index contributed by atoms with van der Waals surface area (Å²) < 4.78 is 0. The maximum absolute atomic E-state index is 2.53. The normalized spacial score (nSPS) is 22.7. The van der Waals surface area contributed by atoms with E-state index in [0.29, 0.717) is 4.87 Å². The molecule has 0 aromatic heterocycles. The zero-order valence-electron chi connectivity index (χ0n) is 8.55. The molecule has 1 nitrogen and oxygen atoms in total. The van der Waals surface area contributed by atoms with Crippen LogP contribution in [0.15, 0.2) is 11.6 Å². The minimum absolute atomic E-state index is 0.353. The highest BCUT2D eigenvalue weighted by Crippen LogP contribution is 2.34. The van der Waals surface area contributed by atoms with Crippen LogP contribution in [0.3, 0.4) is 0 Å². The summed E-state index contributed by atoms with van der Waals surface area (Å²) in [6, 6.07) is 0. The van der Waals surface area contributed by atoms with Gasteiger partial charge in [0.1, 0.15) is 0 Å². The van der Waals surface area contributed by atoms with Crippen LogP contribution in [0, 0.1) is 0 Å². The fraction of sp³-hybridized carbons (Fsp3) is 0.800. The lowest BCUT2D eigenvalue weighted by Gasteiger charge is -2.29. The van der Waals surface area contributed by atoms with Gasteiger partial charge in [-0.3, -0.25) is 4.90 Å². The molecule has 1 aliphatic rings. The van der Waals surface area contributed by atoms with Gasteiger partial charge in [0.2, 0.25) is 0 Å². The van der Waals surface area contributed by atoms with Crippen LogP contribution in [0.4, 0.5) is 0 Å². The highest BCUT2D eigenvalue weighted by atomic mass is 32.2. The zero-order chi connectivity index (χ0) is 9.19. The van der Waals surface area contributed by atoms with E-state index in [9.17, 15) is 0 Å². The Kier molecular flexibility index (Phi) is 3.24. The van der Waals surface area contributed by atoms with Crippen molar-refractivity contribution < 1.29 is 0 Å². The lowest BCUT2D eigenvalue weighted by atomic mass is 10.2. The van der Waals surface area contributed by atoms with E-state index >= 15 is 0 Å². The van der Waals surface area contributed by atoms with Crippen molar-refractivity contribution >= 4 is 11.8 Å². The molecule has 2 heteroatoms. The molecule has 0 amide bonds. The number of rotatable bonds is 2. The Morgan fingerprint density at radius 3 is 2.58 bits per heavy atom. The Balaban J connectivity index is 2.47. The van der Waals surface area contributed by atoms with E-state index in [-0.39, 0.29) is 0 Å². The van der Waals surface area contributed by atoms with Gasteiger partial charge in [-0.05, 0) is 27.7 Å². The molecule has 0 aromatic rings. The van der Waals surface area contributed by atoms with E-state index in [4.69, 9.17) is 0 Å². The quantitative estimate of drug-likeness (QED) is 0.609. The molecule has 1 heterocycles. The second-order valence-corrected chi connectivity index (χ2v) is 5.72. The third-order valence-electron chi connectivity index (χ3n) is 2.30. The fourth-order valence-corrected chi connectivity index (χ4v) is 2.53. The van der Waals surface area contributed by atoms with Gasteiger partial charge in [0.05, 0.1) is 4.87 Å². The van der Waals surface area contributed by atoms with E-state index in [1.807, 2.05) is 0 Å². The van der Waals surface area contributed by atoms with Gasteiger partial charge in [-0.25, -0.2) is 0 Å². The lowest BCUT2D eigenvalue weighted by molar-refractivity contribution is 0.249.